The lowest BCUT2D eigenvalue weighted by Gasteiger charge is -2.23. The summed E-state index contributed by atoms with van der Waals surface area (Å²) < 4.78 is 6.13. The molecule has 0 atom stereocenters. The SMILES string of the molecule is C#C/C=C(\C=C/C)/C=C/c1nc(Nc2cc(C)[nH]n2)cc(OC2CCNCC2)n1. The Bertz CT molecular complexity index is 944. The largest absolute Gasteiger partial charge is 0.474 e. The van der Waals surface area contributed by atoms with Crippen molar-refractivity contribution in [3.63, 3.8) is 0 Å². The number of terminal acetylenes is 1. The first-order valence-electron chi connectivity index (χ1n) is 9.69. The van der Waals surface area contributed by atoms with E-state index in [1.165, 1.54) is 0 Å². The molecule has 2 aromatic rings. The summed E-state index contributed by atoms with van der Waals surface area (Å²) in [6.45, 7) is 5.78. The lowest BCUT2D eigenvalue weighted by atomic mass is 10.1. The molecule has 3 heterocycles. The second kappa shape index (κ2) is 10.2. The van der Waals surface area contributed by atoms with Crippen molar-refractivity contribution >= 4 is 17.7 Å². The van der Waals surface area contributed by atoms with E-state index in [9.17, 15) is 0 Å². The summed E-state index contributed by atoms with van der Waals surface area (Å²) in [6.07, 6.45) is 16.7. The van der Waals surface area contributed by atoms with Crippen molar-refractivity contribution in [3.8, 4) is 18.2 Å². The van der Waals surface area contributed by atoms with E-state index in [0.29, 0.717) is 23.3 Å². The molecule has 0 bridgehead atoms. The van der Waals surface area contributed by atoms with Crippen LogP contribution < -0.4 is 15.4 Å². The molecule has 0 spiro atoms. The minimum Gasteiger partial charge on any atom is -0.474 e. The second-order valence-electron chi connectivity index (χ2n) is 6.72. The van der Waals surface area contributed by atoms with Gasteiger partial charge in [0.25, 0.3) is 0 Å². The molecule has 1 saturated heterocycles. The van der Waals surface area contributed by atoms with Gasteiger partial charge in [-0.2, -0.15) is 10.1 Å². The smallest absolute Gasteiger partial charge is 0.219 e. The number of nitrogens with zero attached hydrogens (tertiary/aromatic N) is 3. The maximum absolute atomic E-state index is 6.13. The van der Waals surface area contributed by atoms with Gasteiger partial charge in [0.05, 0.1) is 0 Å². The fraction of sp³-hybridized carbons (Fsp3) is 0.318. The summed E-state index contributed by atoms with van der Waals surface area (Å²) in [7, 11) is 0. The molecule has 1 aliphatic heterocycles. The maximum atomic E-state index is 6.13. The van der Waals surface area contributed by atoms with Crippen molar-refractivity contribution in [2.45, 2.75) is 32.8 Å². The molecule has 0 unspecified atom stereocenters. The summed E-state index contributed by atoms with van der Waals surface area (Å²) in [5.41, 5.74) is 1.85. The van der Waals surface area contributed by atoms with Crippen LogP contribution >= 0.6 is 0 Å². The molecule has 0 aliphatic carbocycles. The quantitative estimate of drug-likeness (QED) is 0.495. The van der Waals surface area contributed by atoms with Crippen molar-refractivity contribution in [1.29, 1.82) is 0 Å². The van der Waals surface area contributed by atoms with Crippen LogP contribution in [0.2, 0.25) is 0 Å². The highest BCUT2D eigenvalue weighted by Gasteiger charge is 2.16. The number of nitrogens with one attached hydrogen (secondary N) is 3. The van der Waals surface area contributed by atoms with Gasteiger partial charge in [0.1, 0.15) is 11.9 Å². The van der Waals surface area contributed by atoms with Crippen LogP contribution in [0.5, 0.6) is 5.88 Å². The van der Waals surface area contributed by atoms with Gasteiger partial charge in [-0.15, -0.1) is 6.42 Å². The molecular formula is C22H26N6O. The topological polar surface area (TPSA) is 87.8 Å². The van der Waals surface area contributed by atoms with Crippen molar-refractivity contribution in [1.82, 2.24) is 25.5 Å². The number of aromatic nitrogens is 4. The molecule has 0 amide bonds. The van der Waals surface area contributed by atoms with Crippen LogP contribution in [0, 0.1) is 19.3 Å². The standard InChI is InChI=1S/C22H26N6O/c1-4-6-17(7-5-2)8-9-19-24-20(25-21-14-16(3)27-28-21)15-22(26-19)29-18-10-12-23-13-11-18/h1,5-9,14-15,18,23H,10-13H2,2-3H3,(H2,24,25,26,27,28)/b7-5-,9-8+,17-6+. The van der Waals surface area contributed by atoms with Gasteiger partial charge < -0.3 is 15.4 Å². The number of anilines is 2. The lowest BCUT2D eigenvalue weighted by molar-refractivity contribution is 0.155. The van der Waals surface area contributed by atoms with Gasteiger partial charge in [-0.25, -0.2) is 4.98 Å². The third-order valence-electron chi connectivity index (χ3n) is 4.29. The molecule has 0 radical (unpaired) electrons. The summed E-state index contributed by atoms with van der Waals surface area (Å²) in [5.74, 6) is 4.90. The van der Waals surface area contributed by atoms with Crippen molar-refractivity contribution in [2.75, 3.05) is 18.4 Å². The number of rotatable bonds is 7. The molecule has 0 aromatic carbocycles. The number of hydrogen-bond donors (Lipinski definition) is 3. The van der Waals surface area contributed by atoms with E-state index in [1.807, 2.05) is 44.2 Å². The Hall–Kier alpha value is -3.37. The Kier molecular flexibility index (Phi) is 7.20. The predicted octanol–water partition coefficient (Wildman–Crippen LogP) is 3.53. The summed E-state index contributed by atoms with van der Waals surface area (Å²) in [4.78, 5) is 9.12. The molecule has 2 aromatic heterocycles. The van der Waals surface area contributed by atoms with E-state index in [2.05, 4.69) is 36.7 Å². The number of H-pyrrole nitrogens is 1. The first-order valence-corrected chi connectivity index (χ1v) is 9.69. The van der Waals surface area contributed by atoms with Gasteiger partial charge in [-0.1, -0.05) is 24.1 Å². The zero-order valence-electron chi connectivity index (χ0n) is 16.8. The van der Waals surface area contributed by atoms with Crippen molar-refractivity contribution in [2.24, 2.45) is 0 Å². The summed E-state index contributed by atoms with van der Waals surface area (Å²) >= 11 is 0. The Morgan fingerprint density at radius 1 is 1.24 bits per heavy atom. The molecule has 3 rings (SSSR count). The molecule has 7 nitrogen and oxygen atoms in total. The van der Waals surface area contributed by atoms with Gasteiger partial charge in [0, 0.05) is 17.8 Å². The number of hydrogen-bond acceptors (Lipinski definition) is 6. The zero-order valence-corrected chi connectivity index (χ0v) is 16.8. The van der Waals surface area contributed by atoms with E-state index in [-0.39, 0.29) is 6.10 Å². The minimum atomic E-state index is 0.142. The van der Waals surface area contributed by atoms with Gasteiger partial charge in [0.2, 0.25) is 5.88 Å². The van der Waals surface area contributed by atoms with Crippen LogP contribution in [-0.2, 0) is 0 Å². The Morgan fingerprint density at radius 2 is 2.07 bits per heavy atom. The average Bonchev–Trinajstić information content (AvgIpc) is 3.12. The molecule has 1 aliphatic rings. The number of aromatic amines is 1. The summed E-state index contributed by atoms with van der Waals surface area (Å²) in [6, 6.07) is 3.71. The average molecular weight is 390 g/mol. The molecule has 1 fully saturated rings. The van der Waals surface area contributed by atoms with Crippen molar-refractivity contribution in [3.05, 3.63) is 53.5 Å². The highest BCUT2D eigenvalue weighted by atomic mass is 16.5. The molecule has 0 saturated carbocycles. The third-order valence-corrected chi connectivity index (χ3v) is 4.29. The van der Waals surface area contributed by atoms with E-state index in [0.717, 1.165) is 37.2 Å². The van der Waals surface area contributed by atoms with Gasteiger partial charge >= 0.3 is 0 Å². The van der Waals surface area contributed by atoms with Crippen LogP contribution in [0.25, 0.3) is 6.08 Å². The van der Waals surface area contributed by atoms with Crippen LogP contribution in [-0.4, -0.2) is 39.4 Å². The van der Waals surface area contributed by atoms with Gasteiger partial charge in [-0.05, 0) is 57.5 Å². The Balaban J connectivity index is 1.86. The fourth-order valence-corrected chi connectivity index (χ4v) is 2.95. The highest BCUT2D eigenvalue weighted by molar-refractivity contribution is 5.57. The highest BCUT2D eigenvalue weighted by Crippen LogP contribution is 2.21. The zero-order chi connectivity index (χ0) is 20.5. The first-order chi connectivity index (χ1) is 14.2. The van der Waals surface area contributed by atoms with Crippen molar-refractivity contribution < 1.29 is 4.74 Å². The maximum Gasteiger partial charge on any atom is 0.219 e. The van der Waals surface area contributed by atoms with Crippen LogP contribution in [0.4, 0.5) is 11.6 Å². The lowest BCUT2D eigenvalue weighted by Crippen LogP contribution is -2.34. The number of piperidine rings is 1. The summed E-state index contributed by atoms with van der Waals surface area (Å²) in [5, 5.41) is 13.7. The van der Waals surface area contributed by atoms with E-state index in [1.54, 1.807) is 12.1 Å². The third kappa shape index (κ3) is 6.33. The normalized spacial score (nSPS) is 15.7. The fourth-order valence-electron chi connectivity index (χ4n) is 2.95. The van der Waals surface area contributed by atoms with E-state index >= 15 is 0 Å². The second-order valence-corrected chi connectivity index (χ2v) is 6.72. The Labute approximate surface area is 171 Å². The number of ether oxygens (including phenoxy) is 1. The van der Waals surface area contributed by atoms with E-state index in [4.69, 9.17) is 11.2 Å². The molecule has 29 heavy (non-hydrogen) atoms. The predicted molar refractivity (Wildman–Crippen MR) is 116 cm³/mol. The van der Waals surface area contributed by atoms with Crippen LogP contribution in [0.1, 0.15) is 31.3 Å². The first kappa shape index (κ1) is 20.4. The molecule has 7 heteroatoms. The molecular weight excluding hydrogens is 364 g/mol. The van der Waals surface area contributed by atoms with Gasteiger partial charge in [0.15, 0.2) is 11.6 Å². The monoisotopic (exact) mass is 390 g/mol. The van der Waals surface area contributed by atoms with Gasteiger partial charge in [-0.3, -0.25) is 5.10 Å². The molecule has 150 valence electrons. The number of aryl methyl sites for hydroxylation is 1. The number of allylic oxidation sites excluding steroid dienone is 5. The van der Waals surface area contributed by atoms with Crippen LogP contribution in [0.3, 0.4) is 0 Å². The minimum absolute atomic E-state index is 0.142. The van der Waals surface area contributed by atoms with E-state index < -0.39 is 0 Å². The van der Waals surface area contributed by atoms with Crippen LogP contribution in [0.15, 0.2) is 42.0 Å². The Morgan fingerprint density at radius 3 is 2.76 bits per heavy atom. The molecule has 3 N–H and O–H groups in total.